The van der Waals surface area contributed by atoms with Crippen molar-refractivity contribution in [2.24, 2.45) is 0 Å². The molecule has 0 bridgehead atoms. The minimum absolute atomic E-state index is 0.256. The summed E-state index contributed by atoms with van der Waals surface area (Å²) in [5, 5.41) is 15.2. The number of carbonyl (C=O) groups is 2. The lowest BCUT2D eigenvalue weighted by molar-refractivity contribution is -0.111. The fourth-order valence-corrected chi connectivity index (χ4v) is 3.17. The number of nitrogens with zero attached hydrogens (tertiary/aromatic N) is 2. The molecule has 0 spiro atoms. The summed E-state index contributed by atoms with van der Waals surface area (Å²) in [7, 11) is 1.53. The number of rotatable bonds is 6. The Morgan fingerprint density at radius 3 is 2.67 bits per heavy atom. The second-order valence-corrected chi connectivity index (χ2v) is 7.02. The number of carbonyl (C=O) groups excluding carboxylic acids is 2. The SMILES string of the molecule is CNC(=O)c1cc(Oc2ccc(NC(=O)/C=C/c3c[nH]c4cc(C#N)ccc34)cc2)ccn1. The van der Waals surface area contributed by atoms with Gasteiger partial charge < -0.3 is 20.4 Å². The Kier molecular flexibility index (Phi) is 6.14. The van der Waals surface area contributed by atoms with Crippen molar-refractivity contribution in [2.45, 2.75) is 0 Å². The number of anilines is 1. The smallest absolute Gasteiger partial charge is 0.269 e. The van der Waals surface area contributed by atoms with Gasteiger partial charge in [0.1, 0.15) is 17.2 Å². The molecule has 2 heterocycles. The Morgan fingerprint density at radius 2 is 1.91 bits per heavy atom. The maximum atomic E-state index is 12.3. The highest BCUT2D eigenvalue weighted by molar-refractivity contribution is 6.03. The van der Waals surface area contributed by atoms with Crippen molar-refractivity contribution < 1.29 is 14.3 Å². The van der Waals surface area contributed by atoms with E-state index in [0.29, 0.717) is 22.7 Å². The summed E-state index contributed by atoms with van der Waals surface area (Å²) in [6, 6.07) is 17.5. The van der Waals surface area contributed by atoms with Gasteiger partial charge in [-0.25, -0.2) is 0 Å². The first-order valence-corrected chi connectivity index (χ1v) is 10.0. The second kappa shape index (κ2) is 9.49. The molecular weight excluding hydrogens is 418 g/mol. The average Bonchev–Trinajstić information content (AvgIpc) is 3.25. The quantitative estimate of drug-likeness (QED) is 0.390. The number of fused-ring (bicyclic) bond motifs is 1. The molecule has 0 atom stereocenters. The molecule has 33 heavy (non-hydrogen) atoms. The Morgan fingerprint density at radius 1 is 1.09 bits per heavy atom. The Balaban J connectivity index is 1.38. The van der Waals surface area contributed by atoms with Crippen LogP contribution in [0.4, 0.5) is 5.69 Å². The van der Waals surface area contributed by atoms with Crippen LogP contribution in [0, 0.1) is 11.3 Å². The van der Waals surface area contributed by atoms with Crippen LogP contribution in [0.3, 0.4) is 0 Å². The molecule has 4 aromatic rings. The Bertz CT molecular complexity index is 1400. The number of hydrogen-bond donors (Lipinski definition) is 3. The molecular formula is C25H19N5O3. The van der Waals surface area contributed by atoms with Gasteiger partial charge in [-0.1, -0.05) is 6.07 Å². The summed E-state index contributed by atoms with van der Waals surface area (Å²) in [6.45, 7) is 0. The van der Waals surface area contributed by atoms with Gasteiger partial charge in [0.2, 0.25) is 5.91 Å². The van der Waals surface area contributed by atoms with E-state index in [2.05, 4.69) is 26.7 Å². The number of nitrogens with one attached hydrogen (secondary N) is 3. The molecule has 2 aromatic carbocycles. The summed E-state index contributed by atoms with van der Waals surface area (Å²) < 4.78 is 5.76. The number of ether oxygens (including phenoxy) is 1. The molecule has 4 rings (SSSR count). The number of H-pyrrole nitrogens is 1. The topological polar surface area (TPSA) is 120 Å². The fraction of sp³-hybridized carbons (Fsp3) is 0.0400. The van der Waals surface area contributed by atoms with E-state index >= 15 is 0 Å². The van der Waals surface area contributed by atoms with E-state index in [-0.39, 0.29) is 17.5 Å². The van der Waals surface area contributed by atoms with Crippen molar-refractivity contribution in [3.05, 3.63) is 89.9 Å². The molecule has 0 aliphatic heterocycles. The molecule has 0 aliphatic rings. The Labute approximate surface area is 189 Å². The van der Waals surface area contributed by atoms with E-state index in [9.17, 15) is 9.59 Å². The Hall–Kier alpha value is -4.90. The highest BCUT2D eigenvalue weighted by atomic mass is 16.5. The highest BCUT2D eigenvalue weighted by Gasteiger charge is 2.07. The molecule has 0 fully saturated rings. The van der Waals surface area contributed by atoms with Gasteiger partial charge in [-0.2, -0.15) is 5.26 Å². The number of amides is 2. The lowest BCUT2D eigenvalue weighted by Gasteiger charge is -2.08. The first-order chi connectivity index (χ1) is 16.1. The predicted molar refractivity (Wildman–Crippen MR) is 125 cm³/mol. The zero-order chi connectivity index (χ0) is 23.2. The van der Waals surface area contributed by atoms with Gasteiger partial charge >= 0.3 is 0 Å². The number of nitriles is 1. The number of aromatic amines is 1. The third-order valence-electron chi connectivity index (χ3n) is 4.81. The molecule has 3 N–H and O–H groups in total. The van der Waals surface area contributed by atoms with Gasteiger partial charge in [0.25, 0.3) is 5.91 Å². The number of hydrogen-bond acceptors (Lipinski definition) is 5. The van der Waals surface area contributed by atoms with Crippen LogP contribution >= 0.6 is 0 Å². The normalized spacial score (nSPS) is 10.7. The summed E-state index contributed by atoms with van der Waals surface area (Å²) in [5.74, 6) is 0.444. The fourth-order valence-electron chi connectivity index (χ4n) is 3.17. The van der Waals surface area contributed by atoms with E-state index in [1.54, 1.807) is 60.8 Å². The third kappa shape index (κ3) is 5.06. The number of pyridine rings is 1. The summed E-state index contributed by atoms with van der Waals surface area (Å²) >= 11 is 0. The van der Waals surface area contributed by atoms with Crippen LogP contribution in [0.15, 0.2) is 73.1 Å². The first-order valence-electron chi connectivity index (χ1n) is 10.0. The summed E-state index contributed by atoms with van der Waals surface area (Å²) in [5.41, 5.74) is 3.12. The van der Waals surface area contributed by atoms with Crippen LogP contribution in [0.25, 0.3) is 17.0 Å². The zero-order valence-corrected chi connectivity index (χ0v) is 17.6. The van der Waals surface area contributed by atoms with Crippen molar-refractivity contribution in [1.82, 2.24) is 15.3 Å². The number of aromatic nitrogens is 2. The summed E-state index contributed by atoms with van der Waals surface area (Å²) in [6.07, 6.45) is 6.45. The van der Waals surface area contributed by atoms with Crippen LogP contribution in [0.1, 0.15) is 21.6 Å². The molecule has 2 amide bonds. The van der Waals surface area contributed by atoms with E-state index < -0.39 is 0 Å². The lowest BCUT2D eigenvalue weighted by atomic mass is 10.1. The molecule has 2 aromatic heterocycles. The van der Waals surface area contributed by atoms with Crippen molar-refractivity contribution in [3.8, 4) is 17.6 Å². The van der Waals surface area contributed by atoms with Crippen molar-refractivity contribution in [2.75, 3.05) is 12.4 Å². The van der Waals surface area contributed by atoms with Crippen molar-refractivity contribution in [1.29, 1.82) is 5.26 Å². The number of benzene rings is 2. The van der Waals surface area contributed by atoms with Gasteiger partial charge in [-0.3, -0.25) is 14.6 Å². The zero-order valence-electron chi connectivity index (χ0n) is 17.6. The van der Waals surface area contributed by atoms with Crippen LogP contribution in [-0.4, -0.2) is 28.8 Å². The summed E-state index contributed by atoms with van der Waals surface area (Å²) in [4.78, 5) is 31.1. The minimum Gasteiger partial charge on any atom is -0.457 e. The van der Waals surface area contributed by atoms with Crippen molar-refractivity contribution in [3.63, 3.8) is 0 Å². The molecule has 0 saturated carbocycles. The standard InChI is InChI=1S/C25H19N5O3/c1-27-25(32)23-13-20(10-11-28-23)33-19-6-4-18(5-7-19)30-24(31)9-3-17-15-29-22-12-16(14-26)2-8-21(17)22/h2-13,15,29H,1H3,(H,27,32)(H,30,31)/b9-3+. The van der Waals surface area contributed by atoms with Crippen LogP contribution in [0.2, 0.25) is 0 Å². The van der Waals surface area contributed by atoms with E-state index in [1.807, 2.05) is 6.07 Å². The molecule has 8 heteroatoms. The molecule has 0 radical (unpaired) electrons. The average molecular weight is 437 g/mol. The largest absolute Gasteiger partial charge is 0.457 e. The molecule has 0 unspecified atom stereocenters. The maximum Gasteiger partial charge on any atom is 0.269 e. The maximum absolute atomic E-state index is 12.3. The predicted octanol–water partition coefficient (Wildman–Crippen LogP) is 4.24. The van der Waals surface area contributed by atoms with Crippen LogP contribution in [-0.2, 0) is 4.79 Å². The van der Waals surface area contributed by atoms with Gasteiger partial charge in [-0.15, -0.1) is 0 Å². The van der Waals surface area contributed by atoms with Gasteiger partial charge in [0.05, 0.1) is 11.6 Å². The van der Waals surface area contributed by atoms with Crippen LogP contribution < -0.4 is 15.4 Å². The molecule has 0 aliphatic carbocycles. The highest BCUT2D eigenvalue weighted by Crippen LogP contribution is 2.24. The molecule has 162 valence electrons. The third-order valence-corrected chi connectivity index (χ3v) is 4.81. The minimum atomic E-state index is -0.300. The van der Waals surface area contributed by atoms with Gasteiger partial charge in [0, 0.05) is 48.2 Å². The van der Waals surface area contributed by atoms with E-state index in [0.717, 1.165) is 16.5 Å². The van der Waals surface area contributed by atoms with E-state index in [1.165, 1.54) is 19.3 Å². The molecule has 8 nitrogen and oxygen atoms in total. The van der Waals surface area contributed by atoms with Gasteiger partial charge in [0.15, 0.2) is 0 Å². The van der Waals surface area contributed by atoms with Crippen LogP contribution in [0.5, 0.6) is 11.5 Å². The van der Waals surface area contributed by atoms with Gasteiger partial charge in [-0.05, 0) is 54.1 Å². The van der Waals surface area contributed by atoms with Crippen molar-refractivity contribution >= 4 is 34.5 Å². The first kappa shape index (κ1) is 21.3. The lowest BCUT2D eigenvalue weighted by Crippen LogP contribution is -2.18. The molecule has 0 saturated heterocycles. The second-order valence-electron chi connectivity index (χ2n) is 7.02. The monoisotopic (exact) mass is 437 g/mol. The van der Waals surface area contributed by atoms with E-state index in [4.69, 9.17) is 10.00 Å².